The van der Waals surface area contributed by atoms with Gasteiger partial charge in [-0.15, -0.1) is 0 Å². The summed E-state index contributed by atoms with van der Waals surface area (Å²) >= 11 is 0. The van der Waals surface area contributed by atoms with Crippen LogP contribution in [0.4, 0.5) is 4.39 Å². The number of carboxylic acid groups (broad SMARTS) is 1. The van der Waals surface area contributed by atoms with E-state index in [9.17, 15) is 14.0 Å². The second-order valence-electron chi connectivity index (χ2n) is 5.51. The summed E-state index contributed by atoms with van der Waals surface area (Å²) in [4.78, 5) is 23.8. The molecular weight excluding hydrogens is 275 g/mol. The Hall–Kier alpha value is -1.95. The SMILES string of the molecule is NC(=O)c1ccc(CN2CCCC(CC(=O)O)C2)c(F)c1. The number of nitrogens with zero attached hydrogens (tertiary/aromatic N) is 1. The Morgan fingerprint density at radius 3 is 2.81 bits per heavy atom. The highest BCUT2D eigenvalue weighted by Gasteiger charge is 2.22. The average molecular weight is 294 g/mol. The molecule has 0 aliphatic carbocycles. The first kappa shape index (κ1) is 15.4. The summed E-state index contributed by atoms with van der Waals surface area (Å²) in [5, 5.41) is 8.85. The summed E-state index contributed by atoms with van der Waals surface area (Å²) in [7, 11) is 0. The van der Waals surface area contributed by atoms with E-state index >= 15 is 0 Å². The summed E-state index contributed by atoms with van der Waals surface area (Å²) in [5.74, 6) is -1.78. The van der Waals surface area contributed by atoms with E-state index in [-0.39, 0.29) is 17.9 Å². The molecule has 1 saturated heterocycles. The van der Waals surface area contributed by atoms with Crippen molar-refractivity contribution in [3.05, 3.63) is 35.1 Å². The molecule has 0 radical (unpaired) electrons. The molecule has 3 N–H and O–H groups in total. The van der Waals surface area contributed by atoms with E-state index in [2.05, 4.69) is 4.90 Å². The number of halogens is 1. The number of carbonyl (C=O) groups is 2. The predicted octanol–water partition coefficient (Wildman–Crippen LogP) is 1.61. The number of hydrogen-bond acceptors (Lipinski definition) is 3. The summed E-state index contributed by atoms with van der Waals surface area (Å²) < 4.78 is 13.9. The number of carboxylic acids is 1. The van der Waals surface area contributed by atoms with Crippen LogP contribution >= 0.6 is 0 Å². The standard InChI is InChI=1S/C15H19FN2O3/c16-13-7-11(15(17)21)3-4-12(13)9-18-5-1-2-10(8-18)6-14(19)20/h3-4,7,10H,1-2,5-6,8-9H2,(H2,17,21)(H,19,20). The van der Waals surface area contributed by atoms with Gasteiger partial charge in [-0.3, -0.25) is 14.5 Å². The molecule has 0 saturated carbocycles. The van der Waals surface area contributed by atoms with Gasteiger partial charge in [-0.25, -0.2) is 4.39 Å². The Bertz CT molecular complexity index is 548. The molecule has 1 aromatic carbocycles. The van der Waals surface area contributed by atoms with Gasteiger partial charge in [0.1, 0.15) is 5.82 Å². The smallest absolute Gasteiger partial charge is 0.303 e. The molecule has 1 aliphatic heterocycles. The summed E-state index contributed by atoms with van der Waals surface area (Å²) in [5.41, 5.74) is 5.76. The van der Waals surface area contributed by atoms with Crippen molar-refractivity contribution in [3.8, 4) is 0 Å². The highest BCUT2D eigenvalue weighted by Crippen LogP contribution is 2.22. The van der Waals surface area contributed by atoms with E-state index < -0.39 is 17.7 Å². The molecular formula is C15H19FN2O3. The molecule has 21 heavy (non-hydrogen) atoms. The first-order valence-electron chi connectivity index (χ1n) is 6.98. The minimum atomic E-state index is -0.793. The van der Waals surface area contributed by atoms with E-state index in [0.717, 1.165) is 25.5 Å². The number of likely N-dealkylation sites (tertiary alicyclic amines) is 1. The molecule has 1 aromatic rings. The van der Waals surface area contributed by atoms with E-state index in [1.807, 2.05) is 0 Å². The van der Waals surface area contributed by atoms with Crippen LogP contribution in [0.15, 0.2) is 18.2 Å². The highest BCUT2D eigenvalue weighted by molar-refractivity contribution is 5.92. The van der Waals surface area contributed by atoms with E-state index in [1.54, 1.807) is 6.07 Å². The molecule has 1 amide bonds. The minimum absolute atomic E-state index is 0.115. The molecule has 1 aliphatic rings. The maximum absolute atomic E-state index is 13.9. The second-order valence-corrected chi connectivity index (χ2v) is 5.51. The lowest BCUT2D eigenvalue weighted by atomic mass is 9.94. The minimum Gasteiger partial charge on any atom is -0.481 e. The fourth-order valence-corrected chi connectivity index (χ4v) is 2.78. The Kier molecular flexibility index (Phi) is 4.90. The van der Waals surface area contributed by atoms with Crippen molar-refractivity contribution in [2.75, 3.05) is 13.1 Å². The van der Waals surface area contributed by atoms with Crippen molar-refractivity contribution in [1.82, 2.24) is 4.90 Å². The van der Waals surface area contributed by atoms with Crippen molar-refractivity contribution in [2.24, 2.45) is 11.7 Å². The van der Waals surface area contributed by atoms with Gasteiger partial charge in [0.2, 0.25) is 5.91 Å². The maximum atomic E-state index is 13.9. The lowest BCUT2D eigenvalue weighted by Gasteiger charge is -2.32. The molecule has 6 heteroatoms. The van der Waals surface area contributed by atoms with Crippen LogP contribution in [-0.4, -0.2) is 35.0 Å². The van der Waals surface area contributed by atoms with Crippen molar-refractivity contribution in [2.45, 2.75) is 25.8 Å². The quantitative estimate of drug-likeness (QED) is 0.864. The first-order chi connectivity index (χ1) is 9.95. The number of hydrogen-bond donors (Lipinski definition) is 2. The lowest BCUT2D eigenvalue weighted by molar-refractivity contribution is -0.138. The summed E-state index contributed by atoms with van der Waals surface area (Å²) in [6, 6.07) is 4.23. The van der Waals surface area contributed by atoms with Gasteiger partial charge in [0.15, 0.2) is 0 Å². The zero-order chi connectivity index (χ0) is 15.4. The molecule has 1 atom stereocenters. The molecule has 1 fully saturated rings. The van der Waals surface area contributed by atoms with Crippen molar-refractivity contribution in [3.63, 3.8) is 0 Å². The van der Waals surface area contributed by atoms with Gasteiger partial charge < -0.3 is 10.8 Å². The molecule has 0 aromatic heterocycles. The number of benzene rings is 1. The third-order valence-corrected chi connectivity index (χ3v) is 3.80. The lowest BCUT2D eigenvalue weighted by Crippen LogP contribution is -2.36. The molecule has 1 unspecified atom stereocenters. The Balaban J connectivity index is 2.01. The summed E-state index contributed by atoms with van der Waals surface area (Å²) in [6.45, 7) is 1.90. The van der Waals surface area contributed by atoms with Crippen LogP contribution in [0.25, 0.3) is 0 Å². The van der Waals surface area contributed by atoms with Gasteiger partial charge in [-0.05, 0) is 37.4 Å². The number of aliphatic carboxylic acids is 1. The van der Waals surface area contributed by atoms with E-state index in [1.165, 1.54) is 6.07 Å². The zero-order valence-corrected chi connectivity index (χ0v) is 11.7. The molecule has 0 bridgehead atoms. The van der Waals surface area contributed by atoms with Crippen LogP contribution in [0.2, 0.25) is 0 Å². The monoisotopic (exact) mass is 294 g/mol. The van der Waals surface area contributed by atoms with Gasteiger partial charge in [-0.2, -0.15) is 0 Å². The average Bonchev–Trinajstić information content (AvgIpc) is 2.40. The van der Waals surface area contributed by atoms with Crippen LogP contribution in [-0.2, 0) is 11.3 Å². The van der Waals surface area contributed by atoms with Gasteiger partial charge in [-0.1, -0.05) is 6.07 Å². The fraction of sp³-hybridized carbons (Fsp3) is 0.467. The number of carbonyl (C=O) groups excluding carboxylic acids is 1. The zero-order valence-electron chi connectivity index (χ0n) is 11.7. The van der Waals surface area contributed by atoms with Crippen LogP contribution in [0.3, 0.4) is 0 Å². The Morgan fingerprint density at radius 2 is 2.19 bits per heavy atom. The van der Waals surface area contributed by atoms with Crippen LogP contribution < -0.4 is 5.73 Å². The molecule has 2 rings (SSSR count). The van der Waals surface area contributed by atoms with Gasteiger partial charge in [0.25, 0.3) is 0 Å². The molecule has 114 valence electrons. The van der Waals surface area contributed by atoms with Crippen LogP contribution in [0, 0.1) is 11.7 Å². The Labute approximate surface area is 122 Å². The number of piperidine rings is 1. The second kappa shape index (κ2) is 6.67. The first-order valence-corrected chi connectivity index (χ1v) is 6.98. The van der Waals surface area contributed by atoms with E-state index in [4.69, 9.17) is 10.8 Å². The van der Waals surface area contributed by atoms with Crippen LogP contribution in [0.1, 0.15) is 35.2 Å². The molecule has 0 spiro atoms. The number of amides is 1. The van der Waals surface area contributed by atoms with Crippen molar-refractivity contribution < 1.29 is 19.1 Å². The van der Waals surface area contributed by atoms with Crippen molar-refractivity contribution >= 4 is 11.9 Å². The summed E-state index contributed by atoms with van der Waals surface area (Å²) in [6.07, 6.45) is 1.96. The number of rotatable bonds is 5. The number of nitrogens with two attached hydrogens (primary N) is 1. The largest absolute Gasteiger partial charge is 0.481 e. The predicted molar refractivity (Wildman–Crippen MR) is 75.2 cm³/mol. The van der Waals surface area contributed by atoms with E-state index in [0.29, 0.717) is 18.7 Å². The molecule has 1 heterocycles. The maximum Gasteiger partial charge on any atom is 0.303 e. The highest BCUT2D eigenvalue weighted by atomic mass is 19.1. The number of primary amides is 1. The van der Waals surface area contributed by atoms with Crippen molar-refractivity contribution in [1.29, 1.82) is 0 Å². The third-order valence-electron chi connectivity index (χ3n) is 3.80. The van der Waals surface area contributed by atoms with Gasteiger partial charge in [0.05, 0.1) is 0 Å². The normalized spacial score (nSPS) is 19.4. The Morgan fingerprint density at radius 1 is 1.43 bits per heavy atom. The molecule has 5 nitrogen and oxygen atoms in total. The van der Waals surface area contributed by atoms with Gasteiger partial charge >= 0.3 is 5.97 Å². The van der Waals surface area contributed by atoms with Crippen LogP contribution in [0.5, 0.6) is 0 Å². The third kappa shape index (κ3) is 4.26. The van der Waals surface area contributed by atoms with Gasteiger partial charge in [0, 0.05) is 30.6 Å². The topological polar surface area (TPSA) is 83.6 Å². The fourth-order valence-electron chi connectivity index (χ4n) is 2.78.